The van der Waals surface area contributed by atoms with E-state index in [1.807, 2.05) is 6.07 Å². The first-order valence-corrected chi connectivity index (χ1v) is 7.34. The van der Waals surface area contributed by atoms with Crippen molar-refractivity contribution in [3.05, 3.63) is 28.5 Å². The van der Waals surface area contributed by atoms with E-state index in [0.717, 1.165) is 29.8 Å². The molecule has 0 radical (unpaired) electrons. The van der Waals surface area contributed by atoms with Gasteiger partial charge in [-0.3, -0.25) is 0 Å². The van der Waals surface area contributed by atoms with Crippen LogP contribution in [0.4, 0.5) is 10.1 Å². The van der Waals surface area contributed by atoms with Crippen LogP contribution in [0, 0.1) is 11.7 Å². The Morgan fingerprint density at radius 2 is 2.33 bits per heavy atom. The van der Waals surface area contributed by atoms with Gasteiger partial charge in [-0.15, -0.1) is 0 Å². The Morgan fingerprint density at radius 3 is 3.00 bits per heavy atom. The highest BCUT2D eigenvalue weighted by molar-refractivity contribution is 9.10. The molecule has 0 saturated carbocycles. The SMILES string of the molecule is CCC(C)C1CN(c2ccc(F)cc2Br)CCN1. The summed E-state index contributed by atoms with van der Waals surface area (Å²) in [4.78, 5) is 2.33. The van der Waals surface area contributed by atoms with Gasteiger partial charge >= 0.3 is 0 Å². The second-order valence-electron chi connectivity index (χ2n) is 4.99. The molecule has 2 rings (SSSR count). The van der Waals surface area contributed by atoms with Gasteiger partial charge in [0, 0.05) is 30.1 Å². The minimum Gasteiger partial charge on any atom is -0.368 e. The quantitative estimate of drug-likeness (QED) is 0.919. The number of piperazine rings is 1. The number of benzene rings is 1. The second-order valence-corrected chi connectivity index (χ2v) is 5.84. The van der Waals surface area contributed by atoms with Crippen LogP contribution in [0.5, 0.6) is 0 Å². The molecular weight excluding hydrogens is 295 g/mol. The van der Waals surface area contributed by atoms with Gasteiger partial charge in [-0.05, 0) is 40.0 Å². The highest BCUT2D eigenvalue weighted by Crippen LogP contribution is 2.28. The molecule has 0 aliphatic carbocycles. The van der Waals surface area contributed by atoms with Gasteiger partial charge in [-0.25, -0.2) is 4.39 Å². The summed E-state index contributed by atoms with van der Waals surface area (Å²) in [7, 11) is 0. The molecule has 1 aliphatic rings. The summed E-state index contributed by atoms with van der Waals surface area (Å²) in [5, 5.41) is 3.57. The van der Waals surface area contributed by atoms with Crippen LogP contribution < -0.4 is 10.2 Å². The topological polar surface area (TPSA) is 15.3 Å². The number of nitrogens with zero attached hydrogens (tertiary/aromatic N) is 1. The zero-order chi connectivity index (χ0) is 13.1. The maximum Gasteiger partial charge on any atom is 0.124 e. The van der Waals surface area contributed by atoms with E-state index in [1.165, 1.54) is 18.6 Å². The van der Waals surface area contributed by atoms with Crippen molar-refractivity contribution in [1.29, 1.82) is 0 Å². The number of nitrogens with one attached hydrogen (secondary N) is 1. The molecule has 0 aromatic heterocycles. The summed E-state index contributed by atoms with van der Waals surface area (Å²) >= 11 is 3.45. The summed E-state index contributed by atoms with van der Waals surface area (Å²) in [5.74, 6) is 0.464. The molecule has 1 N–H and O–H groups in total. The van der Waals surface area contributed by atoms with Crippen molar-refractivity contribution in [1.82, 2.24) is 5.32 Å². The minimum atomic E-state index is -0.195. The van der Waals surface area contributed by atoms with Crippen LogP contribution in [0.3, 0.4) is 0 Å². The van der Waals surface area contributed by atoms with Crippen molar-refractivity contribution >= 4 is 21.6 Å². The van der Waals surface area contributed by atoms with Gasteiger partial charge < -0.3 is 10.2 Å². The molecule has 1 aromatic rings. The van der Waals surface area contributed by atoms with Gasteiger partial charge in [-0.2, -0.15) is 0 Å². The largest absolute Gasteiger partial charge is 0.368 e. The number of anilines is 1. The fourth-order valence-electron chi connectivity index (χ4n) is 2.40. The maximum absolute atomic E-state index is 13.1. The predicted molar refractivity (Wildman–Crippen MR) is 77.6 cm³/mol. The van der Waals surface area contributed by atoms with Crippen molar-refractivity contribution in [2.45, 2.75) is 26.3 Å². The average Bonchev–Trinajstić information content (AvgIpc) is 2.38. The van der Waals surface area contributed by atoms with Gasteiger partial charge in [-0.1, -0.05) is 20.3 Å². The Labute approximate surface area is 117 Å². The van der Waals surface area contributed by atoms with Gasteiger partial charge in [0.2, 0.25) is 0 Å². The Kier molecular flexibility index (Phi) is 4.62. The Hall–Kier alpha value is -0.610. The molecule has 1 fully saturated rings. The highest BCUT2D eigenvalue weighted by Gasteiger charge is 2.24. The molecule has 0 bridgehead atoms. The smallest absolute Gasteiger partial charge is 0.124 e. The van der Waals surface area contributed by atoms with E-state index in [2.05, 4.69) is 40.0 Å². The molecule has 0 spiro atoms. The normalized spacial score (nSPS) is 22.0. The van der Waals surface area contributed by atoms with E-state index in [1.54, 1.807) is 0 Å². The number of hydrogen-bond acceptors (Lipinski definition) is 2. The van der Waals surface area contributed by atoms with Gasteiger partial charge in [0.05, 0.1) is 5.69 Å². The third-order valence-electron chi connectivity index (χ3n) is 3.79. The lowest BCUT2D eigenvalue weighted by molar-refractivity contribution is 0.341. The lowest BCUT2D eigenvalue weighted by Crippen LogP contribution is -2.53. The highest BCUT2D eigenvalue weighted by atomic mass is 79.9. The van der Waals surface area contributed by atoms with E-state index >= 15 is 0 Å². The van der Waals surface area contributed by atoms with E-state index in [-0.39, 0.29) is 5.82 Å². The Bertz CT molecular complexity index is 411. The molecule has 1 heterocycles. The fourth-order valence-corrected chi connectivity index (χ4v) is 3.00. The summed E-state index contributed by atoms with van der Waals surface area (Å²) in [6, 6.07) is 5.44. The zero-order valence-corrected chi connectivity index (χ0v) is 12.5. The number of halogens is 2. The summed E-state index contributed by atoms with van der Waals surface area (Å²) < 4.78 is 14.0. The lowest BCUT2D eigenvalue weighted by atomic mass is 9.97. The molecule has 18 heavy (non-hydrogen) atoms. The first-order chi connectivity index (χ1) is 8.61. The molecule has 2 unspecified atom stereocenters. The summed E-state index contributed by atoms with van der Waals surface area (Å²) in [6.45, 7) is 7.44. The molecule has 1 aromatic carbocycles. The lowest BCUT2D eigenvalue weighted by Gasteiger charge is -2.38. The second kappa shape index (κ2) is 6.02. The standard InChI is InChI=1S/C14H20BrFN2/c1-3-10(2)13-9-18(7-6-17-13)14-5-4-11(16)8-12(14)15/h4-5,8,10,13,17H,3,6-7,9H2,1-2H3. The first-order valence-electron chi connectivity index (χ1n) is 6.55. The number of hydrogen-bond donors (Lipinski definition) is 1. The van der Waals surface area contributed by atoms with Crippen molar-refractivity contribution < 1.29 is 4.39 Å². The maximum atomic E-state index is 13.1. The van der Waals surface area contributed by atoms with Gasteiger partial charge in [0.1, 0.15) is 5.82 Å². The molecule has 4 heteroatoms. The van der Waals surface area contributed by atoms with E-state index in [9.17, 15) is 4.39 Å². The van der Waals surface area contributed by atoms with E-state index in [4.69, 9.17) is 0 Å². The Balaban J connectivity index is 2.13. The molecule has 1 saturated heterocycles. The Morgan fingerprint density at radius 1 is 1.56 bits per heavy atom. The van der Waals surface area contributed by atoms with Crippen LogP contribution in [-0.4, -0.2) is 25.7 Å². The average molecular weight is 315 g/mol. The van der Waals surface area contributed by atoms with E-state index < -0.39 is 0 Å². The monoisotopic (exact) mass is 314 g/mol. The summed E-state index contributed by atoms with van der Waals surface area (Å²) in [5.41, 5.74) is 1.09. The van der Waals surface area contributed by atoms with E-state index in [0.29, 0.717) is 12.0 Å². The third kappa shape index (κ3) is 3.04. The third-order valence-corrected chi connectivity index (χ3v) is 4.42. The summed E-state index contributed by atoms with van der Waals surface area (Å²) in [6.07, 6.45) is 1.18. The minimum absolute atomic E-state index is 0.195. The van der Waals surface area contributed by atoms with Crippen LogP contribution in [0.15, 0.2) is 22.7 Å². The predicted octanol–water partition coefficient (Wildman–Crippen LogP) is 3.41. The van der Waals surface area contributed by atoms with Crippen LogP contribution in [0.1, 0.15) is 20.3 Å². The molecule has 2 atom stereocenters. The van der Waals surface area contributed by atoms with Crippen LogP contribution in [0.25, 0.3) is 0 Å². The molecular formula is C14H20BrFN2. The number of rotatable bonds is 3. The van der Waals surface area contributed by atoms with Crippen molar-refractivity contribution in [3.8, 4) is 0 Å². The van der Waals surface area contributed by atoms with Gasteiger partial charge in [0.25, 0.3) is 0 Å². The first kappa shape index (κ1) is 13.8. The fraction of sp³-hybridized carbons (Fsp3) is 0.571. The molecule has 0 amide bonds. The van der Waals surface area contributed by atoms with Crippen molar-refractivity contribution in [3.63, 3.8) is 0 Å². The molecule has 1 aliphatic heterocycles. The van der Waals surface area contributed by atoms with Crippen LogP contribution in [-0.2, 0) is 0 Å². The molecule has 100 valence electrons. The van der Waals surface area contributed by atoms with Crippen molar-refractivity contribution in [2.24, 2.45) is 5.92 Å². The van der Waals surface area contributed by atoms with Crippen LogP contribution >= 0.6 is 15.9 Å². The van der Waals surface area contributed by atoms with Gasteiger partial charge in [0.15, 0.2) is 0 Å². The zero-order valence-electron chi connectivity index (χ0n) is 10.9. The van der Waals surface area contributed by atoms with Crippen molar-refractivity contribution in [2.75, 3.05) is 24.5 Å². The van der Waals surface area contributed by atoms with Crippen LogP contribution in [0.2, 0.25) is 0 Å². The molecule has 2 nitrogen and oxygen atoms in total.